The summed E-state index contributed by atoms with van der Waals surface area (Å²) in [4.78, 5) is 26.3. The van der Waals surface area contributed by atoms with Crippen molar-refractivity contribution in [2.24, 2.45) is 0 Å². The molecule has 0 heterocycles. The van der Waals surface area contributed by atoms with Crippen LogP contribution in [0.2, 0.25) is 0 Å². The van der Waals surface area contributed by atoms with E-state index in [0.717, 1.165) is 0 Å². The zero-order valence-electron chi connectivity index (χ0n) is 7.87. The Morgan fingerprint density at radius 2 is 1.33 bits per heavy atom. The van der Waals surface area contributed by atoms with Crippen LogP contribution in [-0.2, 0) is 4.43 Å². The monoisotopic (exact) mass is 194 g/mol. The Bertz CT molecular complexity index is 120. The molecule has 0 aromatic carbocycles. The highest BCUT2D eigenvalue weighted by molar-refractivity contribution is 6.48. The van der Waals surface area contributed by atoms with Gasteiger partial charge in [0.2, 0.25) is 0 Å². The largest absolute Gasteiger partial charge is 0.671 e. The third kappa shape index (κ3) is 3.64. The second kappa shape index (κ2) is 4.34. The van der Waals surface area contributed by atoms with Gasteiger partial charge >= 0.3 is 9.05 Å². The fraction of sp³-hybridized carbons (Fsp3) is 1.00. The molecule has 12 heavy (non-hydrogen) atoms. The van der Waals surface area contributed by atoms with Crippen LogP contribution in [-0.4, -0.2) is 29.0 Å². The molecule has 0 aliphatic heterocycles. The highest BCUT2D eigenvalue weighted by atomic mass is 28.4. The maximum absolute atomic E-state index is 8.77. The summed E-state index contributed by atoms with van der Waals surface area (Å²) in [5, 5.41) is 0. The molecule has 4 nitrogen and oxygen atoms in total. The third-order valence-corrected chi connectivity index (χ3v) is 2.99. The van der Waals surface area contributed by atoms with Gasteiger partial charge in [-0.2, -0.15) is 0 Å². The Balaban J connectivity index is 4.30. The lowest BCUT2D eigenvalue weighted by molar-refractivity contribution is -0.0495. The maximum Gasteiger partial charge on any atom is 0.671 e. The molecule has 0 unspecified atom stereocenters. The van der Waals surface area contributed by atoms with Crippen molar-refractivity contribution in [2.75, 3.05) is 0 Å². The molecule has 0 radical (unpaired) electrons. The zero-order chi connectivity index (χ0) is 9.83. The molecule has 0 amide bonds. The predicted octanol–water partition coefficient (Wildman–Crippen LogP) is 0.384. The van der Waals surface area contributed by atoms with Crippen LogP contribution >= 0.6 is 0 Å². The minimum Gasteiger partial charge on any atom is -0.368 e. The van der Waals surface area contributed by atoms with Gasteiger partial charge in [0, 0.05) is 0 Å². The van der Waals surface area contributed by atoms with Gasteiger partial charge in [-0.05, 0) is 19.3 Å². The van der Waals surface area contributed by atoms with Crippen LogP contribution in [0.15, 0.2) is 0 Å². The van der Waals surface area contributed by atoms with E-state index in [1.165, 1.54) is 0 Å². The first kappa shape index (κ1) is 12.1. The van der Waals surface area contributed by atoms with E-state index in [-0.39, 0.29) is 0 Å². The van der Waals surface area contributed by atoms with Gasteiger partial charge < -0.3 is 18.8 Å². The normalized spacial score (nSPS) is 13.5. The molecule has 0 saturated carbocycles. The Morgan fingerprint density at radius 3 is 1.42 bits per heavy atom. The smallest absolute Gasteiger partial charge is 0.368 e. The van der Waals surface area contributed by atoms with Crippen LogP contribution in [0.3, 0.4) is 0 Å². The van der Waals surface area contributed by atoms with E-state index in [1.54, 1.807) is 0 Å². The lowest BCUT2D eigenvalue weighted by atomic mass is 9.95. The Labute approximate surface area is 74.3 Å². The van der Waals surface area contributed by atoms with Crippen molar-refractivity contribution < 1.29 is 18.8 Å². The molecule has 0 fully saturated rings. The topological polar surface area (TPSA) is 69.9 Å². The average molecular weight is 194 g/mol. The van der Waals surface area contributed by atoms with Crippen molar-refractivity contribution >= 4 is 9.05 Å². The van der Waals surface area contributed by atoms with Gasteiger partial charge in [0.1, 0.15) is 0 Å². The molecule has 0 atom stereocenters. The van der Waals surface area contributed by atoms with E-state index in [4.69, 9.17) is 18.8 Å². The van der Waals surface area contributed by atoms with Gasteiger partial charge in [0.15, 0.2) is 0 Å². The van der Waals surface area contributed by atoms with Crippen molar-refractivity contribution in [3.05, 3.63) is 0 Å². The van der Waals surface area contributed by atoms with E-state index in [0.29, 0.717) is 19.3 Å². The van der Waals surface area contributed by atoms with Crippen molar-refractivity contribution in [1.29, 1.82) is 0 Å². The van der Waals surface area contributed by atoms with Gasteiger partial charge in [-0.25, -0.2) is 0 Å². The summed E-state index contributed by atoms with van der Waals surface area (Å²) in [6, 6.07) is 0. The van der Waals surface area contributed by atoms with Gasteiger partial charge in [-0.15, -0.1) is 0 Å². The first-order valence-electron chi connectivity index (χ1n) is 4.26. The van der Waals surface area contributed by atoms with Gasteiger partial charge in [0.25, 0.3) is 0 Å². The van der Waals surface area contributed by atoms with Crippen molar-refractivity contribution in [1.82, 2.24) is 0 Å². The molecule has 0 rings (SSSR count). The lowest BCUT2D eigenvalue weighted by Crippen LogP contribution is -2.48. The summed E-state index contributed by atoms with van der Waals surface area (Å²) >= 11 is 0. The predicted molar refractivity (Wildman–Crippen MR) is 47.1 cm³/mol. The van der Waals surface area contributed by atoms with E-state index in [9.17, 15) is 0 Å². The van der Waals surface area contributed by atoms with E-state index >= 15 is 0 Å². The molecular weight excluding hydrogens is 176 g/mol. The van der Waals surface area contributed by atoms with Crippen LogP contribution in [0.1, 0.15) is 40.0 Å². The lowest BCUT2D eigenvalue weighted by Gasteiger charge is -2.32. The molecule has 5 heteroatoms. The summed E-state index contributed by atoms with van der Waals surface area (Å²) in [5.74, 6) is 0. The molecule has 0 aliphatic carbocycles. The SMILES string of the molecule is CCC(CC)(CC)O[Si](O)(O)O. The Morgan fingerprint density at radius 1 is 1.00 bits per heavy atom. The molecule has 0 aromatic heterocycles. The summed E-state index contributed by atoms with van der Waals surface area (Å²) in [6.45, 7) is 5.69. The fourth-order valence-electron chi connectivity index (χ4n) is 1.26. The Hall–Kier alpha value is 0.0569. The summed E-state index contributed by atoms with van der Waals surface area (Å²) < 4.78 is 4.88. The average Bonchev–Trinajstić information content (AvgIpc) is 1.99. The molecule has 0 spiro atoms. The van der Waals surface area contributed by atoms with Crippen LogP contribution in [0, 0.1) is 0 Å². The zero-order valence-corrected chi connectivity index (χ0v) is 8.87. The molecule has 0 saturated heterocycles. The van der Waals surface area contributed by atoms with E-state index < -0.39 is 14.6 Å². The quantitative estimate of drug-likeness (QED) is 0.554. The first-order valence-corrected chi connectivity index (χ1v) is 6.01. The standard InChI is InChI=1S/C7H18O4Si/c1-4-7(5-2,6-3)11-12(8,9)10/h8-10H,4-6H2,1-3H3. The molecule has 0 aliphatic rings. The molecule has 0 aromatic rings. The van der Waals surface area contributed by atoms with Gasteiger partial charge in [-0.1, -0.05) is 20.8 Å². The van der Waals surface area contributed by atoms with Crippen molar-refractivity contribution in [3.8, 4) is 0 Å². The Kier molecular flexibility index (Phi) is 4.36. The summed E-state index contributed by atoms with van der Waals surface area (Å²) in [5.41, 5.74) is -0.579. The molecular formula is C7H18O4Si. The maximum atomic E-state index is 8.77. The second-order valence-corrected chi connectivity index (χ2v) is 4.27. The second-order valence-electron chi connectivity index (χ2n) is 2.92. The summed E-state index contributed by atoms with van der Waals surface area (Å²) in [7, 11) is -4.36. The van der Waals surface area contributed by atoms with Crippen molar-refractivity contribution in [3.63, 3.8) is 0 Å². The minimum atomic E-state index is -4.36. The number of hydrogen-bond donors (Lipinski definition) is 3. The van der Waals surface area contributed by atoms with Crippen LogP contribution < -0.4 is 0 Å². The number of hydrogen-bond acceptors (Lipinski definition) is 4. The number of rotatable bonds is 5. The van der Waals surface area contributed by atoms with Crippen LogP contribution in [0.4, 0.5) is 0 Å². The van der Waals surface area contributed by atoms with E-state index in [1.807, 2.05) is 20.8 Å². The van der Waals surface area contributed by atoms with Gasteiger partial charge in [-0.3, -0.25) is 0 Å². The third-order valence-electron chi connectivity index (χ3n) is 2.29. The minimum absolute atomic E-state index is 0.579. The highest BCUT2D eigenvalue weighted by Gasteiger charge is 2.40. The molecule has 0 bridgehead atoms. The van der Waals surface area contributed by atoms with Gasteiger partial charge in [0.05, 0.1) is 5.60 Å². The molecule has 74 valence electrons. The highest BCUT2D eigenvalue weighted by Crippen LogP contribution is 2.26. The van der Waals surface area contributed by atoms with E-state index in [2.05, 4.69) is 0 Å². The molecule has 3 N–H and O–H groups in total. The van der Waals surface area contributed by atoms with Crippen molar-refractivity contribution in [2.45, 2.75) is 45.6 Å². The fourth-order valence-corrected chi connectivity index (χ4v) is 2.27. The van der Waals surface area contributed by atoms with Crippen LogP contribution in [0.25, 0.3) is 0 Å². The van der Waals surface area contributed by atoms with Crippen LogP contribution in [0.5, 0.6) is 0 Å². The summed E-state index contributed by atoms with van der Waals surface area (Å²) in [6.07, 6.45) is 1.99. The first-order chi connectivity index (χ1) is 5.39.